The van der Waals surface area contributed by atoms with E-state index in [4.69, 9.17) is 0 Å². The van der Waals surface area contributed by atoms with E-state index in [-0.39, 0.29) is 12.1 Å². The fourth-order valence-electron chi connectivity index (χ4n) is 2.44. The molecule has 1 saturated carbocycles. The van der Waals surface area contributed by atoms with Crippen LogP contribution in [0.1, 0.15) is 25.0 Å². The molecule has 0 radical (unpaired) electrons. The molecule has 1 heterocycles. The largest absolute Gasteiger partial charge is 0.480 e. The number of nitrogens with one attached hydrogen (secondary N) is 2. The first-order chi connectivity index (χ1) is 9.61. The highest BCUT2D eigenvalue weighted by atomic mass is 16.4. The molecule has 0 amide bonds. The zero-order chi connectivity index (χ0) is 14.2. The summed E-state index contributed by atoms with van der Waals surface area (Å²) in [5.74, 6) is -0.860. The second kappa shape index (κ2) is 4.72. The van der Waals surface area contributed by atoms with Crippen molar-refractivity contribution >= 4 is 17.0 Å². The number of aromatic nitrogens is 2. The van der Waals surface area contributed by atoms with Gasteiger partial charge in [-0.15, -0.1) is 0 Å². The summed E-state index contributed by atoms with van der Waals surface area (Å²) in [6.45, 7) is 0.159. The predicted octanol–water partition coefficient (Wildman–Crippen LogP) is 1.02. The van der Waals surface area contributed by atoms with Gasteiger partial charge in [-0.2, -0.15) is 0 Å². The zero-order valence-electron chi connectivity index (χ0n) is 10.8. The summed E-state index contributed by atoms with van der Waals surface area (Å²) < 4.78 is 0. The number of carboxylic acid groups (broad SMARTS) is 1. The molecule has 20 heavy (non-hydrogen) atoms. The highest BCUT2D eigenvalue weighted by Crippen LogP contribution is 2.32. The molecule has 0 atom stereocenters. The number of hydrogen-bond acceptors (Lipinski definition) is 4. The smallest absolute Gasteiger partial charge is 0.323 e. The van der Waals surface area contributed by atoms with Gasteiger partial charge in [0, 0.05) is 6.54 Å². The number of hydrogen-bond donors (Lipinski definition) is 3. The van der Waals surface area contributed by atoms with Crippen LogP contribution in [-0.4, -0.2) is 26.6 Å². The van der Waals surface area contributed by atoms with Crippen LogP contribution in [0.15, 0.2) is 29.1 Å². The molecule has 6 nitrogen and oxygen atoms in total. The van der Waals surface area contributed by atoms with E-state index < -0.39 is 11.5 Å². The molecule has 1 aliphatic carbocycles. The van der Waals surface area contributed by atoms with Crippen molar-refractivity contribution in [2.24, 2.45) is 0 Å². The predicted molar refractivity (Wildman–Crippen MR) is 73.4 cm³/mol. The number of para-hydroxylation sites is 2. The lowest BCUT2D eigenvalue weighted by Gasteiger charge is -2.38. The molecular formula is C14H15N3O3. The number of carbonyl (C=O) groups is 1. The van der Waals surface area contributed by atoms with Crippen LogP contribution >= 0.6 is 0 Å². The first-order valence-electron chi connectivity index (χ1n) is 6.57. The lowest BCUT2D eigenvalue weighted by Crippen LogP contribution is -2.57. The van der Waals surface area contributed by atoms with E-state index in [1.807, 2.05) is 18.2 Å². The fraction of sp³-hybridized carbons (Fsp3) is 0.357. The molecule has 3 rings (SSSR count). The molecule has 0 unspecified atom stereocenters. The van der Waals surface area contributed by atoms with Crippen LogP contribution < -0.4 is 10.9 Å². The van der Waals surface area contributed by atoms with Crippen molar-refractivity contribution in [1.29, 1.82) is 0 Å². The number of H-pyrrole nitrogens is 1. The van der Waals surface area contributed by atoms with Crippen LogP contribution in [0.4, 0.5) is 0 Å². The Morgan fingerprint density at radius 1 is 1.40 bits per heavy atom. The third-order valence-corrected chi connectivity index (χ3v) is 3.88. The van der Waals surface area contributed by atoms with Gasteiger partial charge in [-0.1, -0.05) is 12.1 Å². The lowest BCUT2D eigenvalue weighted by atomic mass is 9.77. The van der Waals surface area contributed by atoms with Crippen molar-refractivity contribution in [3.8, 4) is 0 Å². The van der Waals surface area contributed by atoms with Gasteiger partial charge in [-0.25, -0.2) is 4.98 Å². The Morgan fingerprint density at radius 3 is 2.80 bits per heavy atom. The van der Waals surface area contributed by atoms with Gasteiger partial charge in [-0.3, -0.25) is 14.9 Å². The van der Waals surface area contributed by atoms with E-state index >= 15 is 0 Å². The first kappa shape index (κ1) is 12.8. The van der Waals surface area contributed by atoms with Crippen LogP contribution in [0.25, 0.3) is 11.0 Å². The van der Waals surface area contributed by atoms with Gasteiger partial charge >= 0.3 is 5.97 Å². The van der Waals surface area contributed by atoms with Crippen LogP contribution in [-0.2, 0) is 11.3 Å². The van der Waals surface area contributed by atoms with Gasteiger partial charge in [0.25, 0.3) is 5.56 Å². The third-order valence-electron chi connectivity index (χ3n) is 3.88. The molecule has 0 spiro atoms. The zero-order valence-corrected chi connectivity index (χ0v) is 10.8. The van der Waals surface area contributed by atoms with Crippen LogP contribution in [0.5, 0.6) is 0 Å². The minimum Gasteiger partial charge on any atom is -0.480 e. The highest BCUT2D eigenvalue weighted by Gasteiger charge is 2.44. The van der Waals surface area contributed by atoms with Crippen molar-refractivity contribution in [1.82, 2.24) is 15.3 Å². The van der Waals surface area contributed by atoms with Crippen molar-refractivity contribution in [3.63, 3.8) is 0 Å². The van der Waals surface area contributed by atoms with E-state index in [0.717, 1.165) is 6.42 Å². The van der Waals surface area contributed by atoms with E-state index in [1.54, 1.807) is 6.07 Å². The van der Waals surface area contributed by atoms with Crippen molar-refractivity contribution in [2.75, 3.05) is 0 Å². The maximum Gasteiger partial charge on any atom is 0.323 e. The summed E-state index contributed by atoms with van der Waals surface area (Å²) in [5.41, 5.74) is 0.520. The van der Waals surface area contributed by atoms with Crippen LogP contribution in [0.3, 0.4) is 0 Å². The Balaban J connectivity index is 1.86. The Labute approximate surface area is 114 Å². The number of fused-ring (bicyclic) bond motifs is 1. The molecule has 3 N–H and O–H groups in total. The lowest BCUT2D eigenvalue weighted by molar-refractivity contribution is -0.148. The molecular weight excluding hydrogens is 258 g/mol. The second-order valence-electron chi connectivity index (χ2n) is 5.12. The molecule has 104 valence electrons. The average Bonchev–Trinajstić information content (AvgIpc) is 2.37. The van der Waals surface area contributed by atoms with Gasteiger partial charge in [0.1, 0.15) is 11.2 Å². The summed E-state index contributed by atoms with van der Waals surface area (Å²) >= 11 is 0. The maximum atomic E-state index is 11.9. The van der Waals surface area contributed by atoms with E-state index in [0.29, 0.717) is 29.6 Å². The first-order valence-corrected chi connectivity index (χ1v) is 6.57. The number of rotatable bonds is 4. The van der Waals surface area contributed by atoms with E-state index in [9.17, 15) is 14.7 Å². The summed E-state index contributed by atoms with van der Waals surface area (Å²) in [6, 6.07) is 7.26. The molecule has 0 saturated heterocycles. The van der Waals surface area contributed by atoms with E-state index in [2.05, 4.69) is 15.3 Å². The van der Waals surface area contributed by atoms with Crippen molar-refractivity contribution in [2.45, 2.75) is 31.3 Å². The molecule has 1 aromatic carbocycles. The Kier molecular flexibility index (Phi) is 3.02. The number of aliphatic carboxylic acids is 1. The SMILES string of the molecule is O=C(O)C1(NCc2nc3ccccc3[nH]c2=O)CCC1. The Morgan fingerprint density at radius 2 is 2.15 bits per heavy atom. The quantitative estimate of drug-likeness (QED) is 0.773. The van der Waals surface area contributed by atoms with Gasteiger partial charge in [0.05, 0.1) is 11.0 Å². The molecule has 1 aliphatic rings. The number of nitrogens with zero attached hydrogens (tertiary/aromatic N) is 1. The molecule has 2 aromatic rings. The fourth-order valence-corrected chi connectivity index (χ4v) is 2.44. The third kappa shape index (κ3) is 2.08. The number of aromatic amines is 1. The molecule has 0 aliphatic heterocycles. The average molecular weight is 273 g/mol. The van der Waals surface area contributed by atoms with Crippen LogP contribution in [0, 0.1) is 0 Å². The maximum absolute atomic E-state index is 11.9. The topological polar surface area (TPSA) is 95.1 Å². The molecule has 0 bridgehead atoms. The summed E-state index contributed by atoms with van der Waals surface area (Å²) in [7, 11) is 0. The van der Waals surface area contributed by atoms with Gasteiger partial charge in [0.2, 0.25) is 0 Å². The number of carboxylic acids is 1. The van der Waals surface area contributed by atoms with Gasteiger partial charge < -0.3 is 10.1 Å². The number of benzene rings is 1. The Hall–Kier alpha value is -2.21. The molecule has 1 aromatic heterocycles. The van der Waals surface area contributed by atoms with E-state index in [1.165, 1.54) is 0 Å². The van der Waals surface area contributed by atoms with Gasteiger partial charge in [-0.05, 0) is 31.4 Å². The summed E-state index contributed by atoms with van der Waals surface area (Å²) in [4.78, 5) is 30.2. The standard InChI is InChI=1S/C14H15N3O3/c18-12-11(8-15-14(13(19)20)6-3-7-14)16-9-4-1-2-5-10(9)17-12/h1-2,4-5,15H,3,6-8H2,(H,17,18)(H,19,20). The summed E-state index contributed by atoms with van der Waals surface area (Å²) in [5, 5.41) is 12.2. The van der Waals surface area contributed by atoms with Crippen molar-refractivity contribution in [3.05, 3.63) is 40.3 Å². The van der Waals surface area contributed by atoms with Crippen molar-refractivity contribution < 1.29 is 9.90 Å². The summed E-state index contributed by atoms with van der Waals surface area (Å²) in [6.07, 6.45) is 2.07. The molecule has 1 fully saturated rings. The normalized spacial score (nSPS) is 16.8. The minimum absolute atomic E-state index is 0.159. The monoisotopic (exact) mass is 273 g/mol. The van der Waals surface area contributed by atoms with Gasteiger partial charge in [0.15, 0.2) is 0 Å². The minimum atomic E-state index is -0.889. The Bertz CT molecular complexity index is 719. The highest BCUT2D eigenvalue weighted by molar-refractivity contribution is 5.80. The molecule has 6 heteroatoms. The van der Waals surface area contributed by atoms with Crippen LogP contribution in [0.2, 0.25) is 0 Å². The second-order valence-corrected chi connectivity index (χ2v) is 5.12.